The largest absolute Gasteiger partial charge is 0.573 e. The summed E-state index contributed by atoms with van der Waals surface area (Å²) in [7, 11) is 1.48. The normalized spacial score (nSPS) is 11.2. The zero-order valence-corrected chi connectivity index (χ0v) is 12.4. The number of methoxy groups -OCH3 is 1. The summed E-state index contributed by atoms with van der Waals surface area (Å²) in [6.45, 7) is 0.701. The molecule has 4 nitrogen and oxygen atoms in total. The lowest BCUT2D eigenvalue weighted by molar-refractivity contribution is -0.274. The fourth-order valence-corrected chi connectivity index (χ4v) is 2.01. The van der Waals surface area contributed by atoms with Crippen molar-refractivity contribution in [2.24, 2.45) is 5.73 Å². The first-order valence-corrected chi connectivity index (χ1v) is 6.80. The van der Waals surface area contributed by atoms with Crippen LogP contribution in [-0.2, 0) is 0 Å². The fraction of sp³-hybridized carbons (Fsp3) is 0.250. The third kappa shape index (κ3) is 4.79. The molecule has 124 valence electrons. The van der Waals surface area contributed by atoms with Crippen molar-refractivity contribution >= 4 is 0 Å². The monoisotopic (exact) mass is 327 g/mol. The van der Waals surface area contributed by atoms with Crippen molar-refractivity contribution in [3.05, 3.63) is 42.5 Å². The number of halogens is 3. The topological polar surface area (TPSA) is 53.7 Å². The maximum absolute atomic E-state index is 12.3. The lowest BCUT2D eigenvalue weighted by atomic mass is 10.0. The number of benzene rings is 2. The first-order valence-electron chi connectivity index (χ1n) is 6.80. The van der Waals surface area contributed by atoms with Crippen LogP contribution in [0.2, 0.25) is 0 Å². The van der Waals surface area contributed by atoms with Gasteiger partial charge in [0, 0.05) is 6.54 Å². The van der Waals surface area contributed by atoms with Gasteiger partial charge in [0.05, 0.1) is 7.11 Å². The Hall–Kier alpha value is -2.41. The van der Waals surface area contributed by atoms with Crippen LogP contribution in [0.4, 0.5) is 13.2 Å². The van der Waals surface area contributed by atoms with E-state index in [1.165, 1.54) is 25.3 Å². The van der Waals surface area contributed by atoms with E-state index >= 15 is 0 Å². The fourth-order valence-electron chi connectivity index (χ4n) is 2.01. The molecule has 0 heterocycles. The van der Waals surface area contributed by atoms with E-state index in [9.17, 15) is 13.2 Å². The van der Waals surface area contributed by atoms with Crippen molar-refractivity contribution < 1.29 is 27.4 Å². The summed E-state index contributed by atoms with van der Waals surface area (Å²) in [6, 6.07) is 10.8. The Morgan fingerprint density at radius 1 is 1.00 bits per heavy atom. The molecule has 0 fully saturated rings. The Balaban J connectivity index is 2.29. The molecule has 0 amide bonds. The van der Waals surface area contributed by atoms with Gasteiger partial charge >= 0.3 is 6.36 Å². The summed E-state index contributed by atoms with van der Waals surface area (Å²) in [4.78, 5) is 0. The van der Waals surface area contributed by atoms with E-state index in [1.54, 1.807) is 24.3 Å². The van der Waals surface area contributed by atoms with Gasteiger partial charge in [-0.2, -0.15) is 0 Å². The SMILES string of the molecule is COc1cc(-c2cccc(OC(F)(F)F)c2)ccc1OCCN. The molecule has 2 rings (SSSR count). The molecule has 0 radical (unpaired) electrons. The van der Waals surface area contributed by atoms with Crippen LogP contribution in [0.3, 0.4) is 0 Å². The molecule has 2 aromatic rings. The number of hydrogen-bond acceptors (Lipinski definition) is 4. The Morgan fingerprint density at radius 3 is 2.39 bits per heavy atom. The molecule has 0 atom stereocenters. The van der Waals surface area contributed by atoms with Crippen LogP contribution in [0.15, 0.2) is 42.5 Å². The van der Waals surface area contributed by atoms with Crippen molar-refractivity contribution in [3.63, 3.8) is 0 Å². The summed E-state index contributed by atoms with van der Waals surface area (Å²) in [5.41, 5.74) is 6.63. The molecule has 0 aromatic heterocycles. The maximum atomic E-state index is 12.3. The van der Waals surface area contributed by atoms with E-state index in [2.05, 4.69) is 4.74 Å². The van der Waals surface area contributed by atoms with Crippen LogP contribution in [0.1, 0.15) is 0 Å². The van der Waals surface area contributed by atoms with E-state index in [1.807, 2.05) is 0 Å². The smallest absolute Gasteiger partial charge is 0.493 e. The second-order valence-corrected chi connectivity index (χ2v) is 4.58. The highest BCUT2D eigenvalue weighted by Crippen LogP contribution is 2.34. The van der Waals surface area contributed by atoms with E-state index in [0.717, 1.165) is 0 Å². The van der Waals surface area contributed by atoms with Crippen molar-refractivity contribution in [2.45, 2.75) is 6.36 Å². The lowest BCUT2D eigenvalue weighted by Gasteiger charge is -2.13. The summed E-state index contributed by atoms with van der Waals surface area (Å²) in [5.74, 6) is 0.708. The zero-order valence-electron chi connectivity index (χ0n) is 12.4. The third-order valence-corrected chi connectivity index (χ3v) is 2.94. The quantitative estimate of drug-likeness (QED) is 0.881. The molecule has 0 aliphatic rings. The molecular formula is C16H16F3NO3. The molecule has 0 aliphatic carbocycles. The lowest BCUT2D eigenvalue weighted by Crippen LogP contribution is -2.17. The maximum Gasteiger partial charge on any atom is 0.573 e. The molecule has 2 aromatic carbocycles. The molecule has 23 heavy (non-hydrogen) atoms. The highest BCUT2D eigenvalue weighted by atomic mass is 19.4. The Bertz CT molecular complexity index is 659. The summed E-state index contributed by atoms with van der Waals surface area (Å²) >= 11 is 0. The second-order valence-electron chi connectivity index (χ2n) is 4.58. The van der Waals surface area contributed by atoms with Gasteiger partial charge in [0.2, 0.25) is 0 Å². The first-order chi connectivity index (χ1) is 10.9. The van der Waals surface area contributed by atoms with Gasteiger partial charge in [-0.1, -0.05) is 18.2 Å². The zero-order chi connectivity index (χ0) is 16.9. The minimum atomic E-state index is -4.73. The van der Waals surface area contributed by atoms with E-state index in [4.69, 9.17) is 15.2 Å². The average Bonchev–Trinajstić information content (AvgIpc) is 2.51. The van der Waals surface area contributed by atoms with E-state index in [-0.39, 0.29) is 5.75 Å². The molecule has 0 saturated heterocycles. The van der Waals surface area contributed by atoms with Crippen LogP contribution < -0.4 is 19.9 Å². The average molecular weight is 327 g/mol. The molecule has 2 N–H and O–H groups in total. The number of hydrogen-bond donors (Lipinski definition) is 1. The summed E-state index contributed by atoms with van der Waals surface area (Å²) < 4.78 is 51.5. The highest BCUT2D eigenvalue weighted by molar-refractivity contribution is 5.68. The van der Waals surface area contributed by atoms with Gasteiger partial charge in [-0.15, -0.1) is 13.2 Å². The Labute approximate surface area is 131 Å². The van der Waals surface area contributed by atoms with Gasteiger partial charge in [0.25, 0.3) is 0 Å². The predicted octanol–water partition coefficient (Wildman–Crippen LogP) is 3.60. The van der Waals surface area contributed by atoms with Crippen LogP contribution in [-0.4, -0.2) is 26.6 Å². The molecule has 0 unspecified atom stereocenters. The summed E-state index contributed by atoms with van der Waals surface area (Å²) in [5, 5.41) is 0. The van der Waals surface area contributed by atoms with Crippen LogP contribution in [0.5, 0.6) is 17.2 Å². The summed E-state index contributed by atoms with van der Waals surface area (Å²) in [6.07, 6.45) is -4.73. The molecule has 0 bridgehead atoms. The predicted molar refractivity (Wildman–Crippen MR) is 79.7 cm³/mol. The van der Waals surface area contributed by atoms with Crippen molar-refractivity contribution in [3.8, 4) is 28.4 Å². The van der Waals surface area contributed by atoms with Gasteiger partial charge < -0.3 is 19.9 Å². The molecule has 7 heteroatoms. The van der Waals surface area contributed by atoms with Crippen molar-refractivity contribution in [1.82, 2.24) is 0 Å². The van der Waals surface area contributed by atoms with Crippen LogP contribution >= 0.6 is 0 Å². The molecule has 0 spiro atoms. The van der Waals surface area contributed by atoms with Crippen molar-refractivity contribution in [2.75, 3.05) is 20.3 Å². The Kier molecular flexibility index (Phi) is 5.33. The van der Waals surface area contributed by atoms with Gasteiger partial charge in [-0.25, -0.2) is 0 Å². The van der Waals surface area contributed by atoms with Crippen LogP contribution in [0, 0.1) is 0 Å². The van der Waals surface area contributed by atoms with Gasteiger partial charge in [0.1, 0.15) is 12.4 Å². The highest BCUT2D eigenvalue weighted by Gasteiger charge is 2.31. The minimum absolute atomic E-state index is 0.280. The van der Waals surface area contributed by atoms with Crippen LogP contribution in [0.25, 0.3) is 11.1 Å². The second kappa shape index (κ2) is 7.23. The minimum Gasteiger partial charge on any atom is -0.493 e. The molecule has 0 aliphatic heterocycles. The Morgan fingerprint density at radius 2 is 1.74 bits per heavy atom. The first kappa shape index (κ1) is 17.0. The molecular weight excluding hydrogens is 311 g/mol. The van der Waals surface area contributed by atoms with Gasteiger partial charge in [0.15, 0.2) is 11.5 Å². The number of ether oxygens (including phenoxy) is 3. The van der Waals surface area contributed by atoms with E-state index < -0.39 is 6.36 Å². The number of rotatable bonds is 6. The molecule has 0 saturated carbocycles. The third-order valence-electron chi connectivity index (χ3n) is 2.94. The number of nitrogens with two attached hydrogens (primary N) is 1. The number of alkyl halides is 3. The standard InChI is InChI=1S/C16H16F3NO3/c1-21-15-10-12(5-6-14(15)22-8-7-20)11-3-2-4-13(9-11)23-16(17,18)19/h2-6,9-10H,7-8,20H2,1H3. The van der Waals surface area contributed by atoms with Gasteiger partial charge in [-0.05, 0) is 35.4 Å². The van der Waals surface area contributed by atoms with E-state index in [0.29, 0.717) is 35.8 Å². The van der Waals surface area contributed by atoms with Crippen molar-refractivity contribution in [1.29, 1.82) is 0 Å². The van der Waals surface area contributed by atoms with Gasteiger partial charge in [-0.3, -0.25) is 0 Å².